The Morgan fingerprint density at radius 2 is 2.42 bits per heavy atom. The number of rotatable bonds is 1. The summed E-state index contributed by atoms with van der Waals surface area (Å²) in [6, 6.07) is 1.72. The number of H-pyrrole nitrogens is 1. The highest BCUT2D eigenvalue weighted by molar-refractivity contribution is 5.74. The molecule has 12 heavy (non-hydrogen) atoms. The molecule has 0 saturated carbocycles. The van der Waals surface area contributed by atoms with Gasteiger partial charge in [0.15, 0.2) is 5.65 Å². The number of aromatic nitrogens is 3. The van der Waals surface area contributed by atoms with E-state index in [1.807, 2.05) is 6.92 Å². The minimum absolute atomic E-state index is 0.235. The summed E-state index contributed by atoms with van der Waals surface area (Å²) in [5.74, 6) is 0.790. The fraction of sp³-hybridized carbons (Fsp3) is 0.250. The van der Waals surface area contributed by atoms with Crippen molar-refractivity contribution >= 4 is 11.2 Å². The van der Waals surface area contributed by atoms with Gasteiger partial charge in [-0.25, -0.2) is 15.1 Å². The largest absolute Gasteiger partial charge is 0.341 e. The van der Waals surface area contributed by atoms with Crippen LogP contribution in [0, 0.1) is 6.92 Å². The van der Waals surface area contributed by atoms with Crippen LogP contribution in [0.25, 0.3) is 11.2 Å². The number of imidazole rings is 1. The molecular weight excluding hydrogens is 154 g/mol. The molecule has 0 aliphatic heterocycles. The number of nitrogens with one attached hydrogen (secondary N) is 1. The van der Waals surface area contributed by atoms with E-state index in [2.05, 4.69) is 15.0 Å². The van der Waals surface area contributed by atoms with Crippen molar-refractivity contribution in [2.45, 2.75) is 13.5 Å². The van der Waals surface area contributed by atoms with E-state index in [1.165, 1.54) is 0 Å². The van der Waals surface area contributed by atoms with E-state index >= 15 is 0 Å². The zero-order valence-electron chi connectivity index (χ0n) is 6.66. The van der Waals surface area contributed by atoms with E-state index in [9.17, 15) is 5.11 Å². The van der Waals surface area contributed by atoms with E-state index in [1.54, 1.807) is 12.3 Å². The molecule has 2 heterocycles. The maximum Gasteiger partial charge on any atom is 0.178 e. The van der Waals surface area contributed by atoms with Crippen LogP contribution in [0.2, 0.25) is 0 Å². The summed E-state index contributed by atoms with van der Waals surface area (Å²) < 4.78 is 0. The molecular formula is C8H8N3O. The molecule has 0 spiro atoms. The molecule has 61 valence electrons. The summed E-state index contributed by atoms with van der Waals surface area (Å²) in [7, 11) is 0. The Hall–Kier alpha value is -1.42. The molecule has 2 aromatic heterocycles. The molecule has 0 aliphatic rings. The zero-order valence-corrected chi connectivity index (χ0v) is 6.66. The Morgan fingerprint density at radius 3 is 3.17 bits per heavy atom. The molecule has 0 unspecified atom stereocenters. The van der Waals surface area contributed by atoms with Gasteiger partial charge in [0.25, 0.3) is 0 Å². The van der Waals surface area contributed by atoms with Gasteiger partial charge in [-0.15, -0.1) is 0 Å². The van der Waals surface area contributed by atoms with Crippen molar-refractivity contribution in [3.63, 3.8) is 0 Å². The van der Waals surface area contributed by atoms with E-state index < -0.39 is 0 Å². The van der Waals surface area contributed by atoms with Crippen molar-refractivity contribution in [1.82, 2.24) is 15.0 Å². The van der Waals surface area contributed by atoms with Gasteiger partial charge in [-0.05, 0) is 13.0 Å². The predicted molar refractivity (Wildman–Crippen MR) is 43.0 cm³/mol. The molecule has 0 aromatic carbocycles. The zero-order chi connectivity index (χ0) is 8.55. The molecule has 0 fully saturated rings. The van der Waals surface area contributed by atoms with Gasteiger partial charge in [0.1, 0.15) is 12.4 Å². The second kappa shape index (κ2) is 2.57. The van der Waals surface area contributed by atoms with Gasteiger partial charge >= 0.3 is 0 Å². The first-order valence-electron chi connectivity index (χ1n) is 3.69. The summed E-state index contributed by atoms with van der Waals surface area (Å²) >= 11 is 0. The molecule has 0 bridgehead atoms. The first-order valence-corrected chi connectivity index (χ1v) is 3.69. The van der Waals surface area contributed by atoms with Crippen LogP contribution < -0.4 is 0 Å². The second-order valence-electron chi connectivity index (χ2n) is 2.64. The standard InChI is InChI=1S/C8H8N3O/c1-5-10-7-6(4-12)2-3-9-8(7)11-5/h2-3H,4H2,1H3,(H,9,10,11). The van der Waals surface area contributed by atoms with Gasteiger partial charge in [-0.1, -0.05) is 0 Å². The fourth-order valence-corrected chi connectivity index (χ4v) is 1.20. The summed E-state index contributed by atoms with van der Waals surface area (Å²) in [6.45, 7) is 1.61. The highest BCUT2D eigenvalue weighted by Gasteiger charge is 2.04. The fourth-order valence-electron chi connectivity index (χ4n) is 1.20. The second-order valence-corrected chi connectivity index (χ2v) is 2.64. The van der Waals surface area contributed by atoms with Crippen LogP contribution in [0.15, 0.2) is 12.3 Å². The Labute approximate surface area is 69.3 Å². The predicted octanol–water partition coefficient (Wildman–Crippen LogP) is 1.20. The number of nitrogens with zero attached hydrogens (tertiary/aromatic N) is 2. The topological polar surface area (TPSA) is 61.5 Å². The maximum absolute atomic E-state index is 10.7. The third-order valence-electron chi connectivity index (χ3n) is 1.75. The Morgan fingerprint density at radius 1 is 1.58 bits per heavy atom. The number of pyridine rings is 1. The van der Waals surface area contributed by atoms with Crippen LogP contribution in [0.3, 0.4) is 0 Å². The van der Waals surface area contributed by atoms with Crippen molar-refractivity contribution in [2.24, 2.45) is 0 Å². The molecule has 1 radical (unpaired) electrons. The quantitative estimate of drug-likeness (QED) is 0.684. The first-order chi connectivity index (χ1) is 5.81. The summed E-state index contributed by atoms with van der Waals surface area (Å²) in [5.41, 5.74) is 2.12. The highest BCUT2D eigenvalue weighted by atomic mass is 16.3. The first kappa shape index (κ1) is 7.24. The Kier molecular flexibility index (Phi) is 1.55. The maximum atomic E-state index is 10.7. The molecule has 0 aliphatic carbocycles. The number of hydrogen-bond donors (Lipinski definition) is 1. The highest BCUT2D eigenvalue weighted by Crippen LogP contribution is 2.13. The van der Waals surface area contributed by atoms with Crippen LogP contribution in [0.5, 0.6) is 0 Å². The molecule has 4 heteroatoms. The van der Waals surface area contributed by atoms with Gasteiger partial charge in [0.05, 0.1) is 5.52 Å². The number of aryl methyl sites for hydroxylation is 1. The summed E-state index contributed by atoms with van der Waals surface area (Å²) in [6.07, 6.45) is 1.61. The molecule has 2 aromatic rings. The average Bonchev–Trinajstić information content (AvgIpc) is 2.44. The number of hydrogen-bond acceptors (Lipinski definition) is 2. The number of fused-ring (bicyclic) bond motifs is 1. The molecule has 4 nitrogen and oxygen atoms in total. The van der Waals surface area contributed by atoms with Crippen LogP contribution in [0.4, 0.5) is 0 Å². The lowest BCUT2D eigenvalue weighted by molar-refractivity contribution is 0.178. The van der Waals surface area contributed by atoms with Crippen LogP contribution in [-0.4, -0.2) is 15.0 Å². The average molecular weight is 162 g/mol. The molecule has 1 N–H and O–H groups in total. The third-order valence-corrected chi connectivity index (χ3v) is 1.75. The van der Waals surface area contributed by atoms with Crippen molar-refractivity contribution in [3.05, 3.63) is 23.7 Å². The van der Waals surface area contributed by atoms with Crippen molar-refractivity contribution in [2.75, 3.05) is 0 Å². The monoisotopic (exact) mass is 162 g/mol. The lowest BCUT2D eigenvalue weighted by Gasteiger charge is -1.93. The molecule has 2 rings (SSSR count). The number of aromatic amines is 1. The minimum Gasteiger partial charge on any atom is -0.341 e. The van der Waals surface area contributed by atoms with E-state index in [0.29, 0.717) is 5.65 Å². The van der Waals surface area contributed by atoms with Crippen LogP contribution in [0.1, 0.15) is 11.4 Å². The van der Waals surface area contributed by atoms with Gasteiger partial charge < -0.3 is 4.98 Å². The van der Waals surface area contributed by atoms with E-state index in [0.717, 1.165) is 16.9 Å². The SMILES string of the molecule is Cc1nc2nccc(C[O])c2[nH]1. The molecule has 0 saturated heterocycles. The van der Waals surface area contributed by atoms with Gasteiger partial charge in [-0.2, -0.15) is 0 Å². The molecule has 0 atom stereocenters. The Bertz CT molecular complexity index is 408. The Balaban J connectivity index is 2.78. The van der Waals surface area contributed by atoms with E-state index in [4.69, 9.17) is 0 Å². The van der Waals surface area contributed by atoms with Crippen molar-refractivity contribution in [3.8, 4) is 0 Å². The molecule has 0 amide bonds. The van der Waals surface area contributed by atoms with Crippen LogP contribution in [-0.2, 0) is 11.7 Å². The normalized spacial score (nSPS) is 10.8. The third kappa shape index (κ3) is 0.967. The summed E-state index contributed by atoms with van der Waals surface area (Å²) in [4.78, 5) is 11.1. The smallest absolute Gasteiger partial charge is 0.178 e. The minimum atomic E-state index is -0.235. The lowest BCUT2D eigenvalue weighted by atomic mass is 10.2. The summed E-state index contributed by atoms with van der Waals surface area (Å²) in [5, 5.41) is 10.7. The van der Waals surface area contributed by atoms with Gasteiger partial charge in [0.2, 0.25) is 0 Å². The van der Waals surface area contributed by atoms with Crippen molar-refractivity contribution in [1.29, 1.82) is 0 Å². The van der Waals surface area contributed by atoms with Gasteiger partial charge in [0, 0.05) is 11.8 Å². The van der Waals surface area contributed by atoms with Crippen LogP contribution >= 0.6 is 0 Å². The lowest BCUT2D eigenvalue weighted by Crippen LogP contribution is -1.85. The van der Waals surface area contributed by atoms with E-state index in [-0.39, 0.29) is 6.61 Å². The van der Waals surface area contributed by atoms with Gasteiger partial charge in [-0.3, -0.25) is 0 Å². The van der Waals surface area contributed by atoms with Crippen molar-refractivity contribution < 1.29 is 5.11 Å².